The predicted molar refractivity (Wildman–Crippen MR) is 90.1 cm³/mol. The normalized spacial score (nSPS) is 17.2. The number of rotatable bonds is 8. The molecule has 1 aromatic carbocycles. The number of hydrogen-bond acceptors (Lipinski definition) is 2. The van der Waals surface area contributed by atoms with Gasteiger partial charge in [-0.05, 0) is 63.5 Å². The molecule has 0 saturated heterocycles. The fraction of sp³-hybridized carbons (Fsp3) is 0.647. The van der Waals surface area contributed by atoms with Crippen molar-refractivity contribution < 1.29 is 0 Å². The third kappa shape index (κ3) is 4.57. The van der Waals surface area contributed by atoms with Gasteiger partial charge in [-0.15, -0.1) is 0 Å². The van der Waals surface area contributed by atoms with E-state index < -0.39 is 0 Å². The van der Waals surface area contributed by atoms with Gasteiger partial charge in [-0.1, -0.05) is 41.4 Å². The van der Waals surface area contributed by atoms with Gasteiger partial charge in [0.2, 0.25) is 0 Å². The van der Waals surface area contributed by atoms with E-state index in [1.807, 2.05) is 0 Å². The lowest BCUT2D eigenvalue weighted by molar-refractivity contribution is 0.153. The second-order valence-electron chi connectivity index (χ2n) is 5.92. The Hall–Kier alpha value is -0.380. The summed E-state index contributed by atoms with van der Waals surface area (Å²) in [4.78, 5) is 2.54. The summed E-state index contributed by atoms with van der Waals surface area (Å²) in [6.45, 7) is 4.49. The second kappa shape index (κ2) is 8.16. The van der Waals surface area contributed by atoms with Crippen LogP contribution in [-0.4, -0.2) is 31.1 Å². The average Bonchev–Trinajstić information content (AvgIpc) is 2.36. The minimum Gasteiger partial charge on any atom is -0.310 e. The molecule has 0 amide bonds. The quantitative estimate of drug-likeness (QED) is 0.757. The summed E-state index contributed by atoms with van der Waals surface area (Å²) in [6.07, 6.45) is 6.56. The van der Waals surface area contributed by atoms with Gasteiger partial charge in [0, 0.05) is 16.6 Å². The molecular weight excluding hydrogens is 312 g/mol. The van der Waals surface area contributed by atoms with Crippen molar-refractivity contribution in [2.75, 3.05) is 20.1 Å². The van der Waals surface area contributed by atoms with Gasteiger partial charge >= 0.3 is 0 Å². The first kappa shape index (κ1) is 16.0. The van der Waals surface area contributed by atoms with Crippen LogP contribution in [0.3, 0.4) is 0 Å². The lowest BCUT2D eigenvalue weighted by atomic mass is 9.91. The molecule has 0 bridgehead atoms. The van der Waals surface area contributed by atoms with Crippen LogP contribution in [0.2, 0.25) is 0 Å². The van der Waals surface area contributed by atoms with E-state index in [2.05, 4.69) is 64.4 Å². The molecule has 0 radical (unpaired) electrons. The summed E-state index contributed by atoms with van der Waals surface area (Å²) in [5.74, 6) is 0. The topological polar surface area (TPSA) is 15.3 Å². The average molecular weight is 339 g/mol. The molecule has 1 aliphatic carbocycles. The molecule has 1 fully saturated rings. The third-order valence-corrected chi connectivity index (χ3v) is 4.85. The molecule has 2 rings (SSSR count). The Morgan fingerprint density at radius 3 is 2.80 bits per heavy atom. The Kier molecular flexibility index (Phi) is 6.53. The zero-order valence-electron chi connectivity index (χ0n) is 12.7. The molecule has 0 aliphatic heterocycles. The Labute approximate surface area is 132 Å². The Balaban J connectivity index is 1.92. The van der Waals surface area contributed by atoms with Crippen molar-refractivity contribution >= 4 is 15.9 Å². The third-order valence-electron chi connectivity index (χ3n) is 4.36. The molecule has 1 unspecified atom stereocenters. The van der Waals surface area contributed by atoms with Crippen molar-refractivity contribution in [3.05, 3.63) is 34.3 Å². The molecular formula is C17H27BrN2. The van der Waals surface area contributed by atoms with E-state index in [0.717, 1.165) is 12.6 Å². The molecule has 0 heterocycles. The van der Waals surface area contributed by atoms with E-state index in [4.69, 9.17) is 0 Å². The summed E-state index contributed by atoms with van der Waals surface area (Å²) >= 11 is 3.58. The lowest BCUT2D eigenvalue weighted by Gasteiger charge is -2.35. The SMILES string of the molecule is CCCNC(CCN(C)C1CCC1)c1cccc(Br)c1. The van der Waals surface area contributed by atoms with Gasteiger partial charge in [0.15, 0.2) is 0 Å². The second-order valence-corrected chi connectivity index (χ2v) is 6.83. The van der Waals surface area contributed by atoms with Gasteiger partial charge in [0.1, 0.15) is 0 Å². The van der Waals surface area contributed by atoms with Crippen LogP contribution in [0.25, 0.3) is 0 Å². The summed E-state index contributed by atoms with van der Waals surface area (Å²) in [7, 11) is 2.28. The van der Waals surface area contributed by atoms with E-state index in [9.17, 15) is 0 Å². The molecule has 2 nitrogen and oxygen atoms in total. The van der Waals surface area contributed by atoms with Crippen molar-refractivity contribution in [1.29, 1.82) is 0 Å². The van der Waals surface area contributed by atoms with Crippen molar-refractivity contribution in [1.82, 2.24) is 10.2 Å². The van der Waals surface area contributed by atoms with E-state index >= 15 is 0 Å². The van der Waals surface area contributed by atoms with Crippen molar-refractivity contribution in [2.24, 2.45) is 0 Å². The number of benzene rings is 1. The van der Waals surface area contributed by atoms with Gasteiger partial charge in [-0.25, -0.2) is 0 Å². The molecule has 3 heteroatoms. The lowest BCUT2D eigenvalue weighted by Crippen LogP contribution is -2.39. The van der Waals surface area contributed by atoms with E-state index in [1.54, 1.807) is 0 Å². The van der Waals surface area contributed by atoms with Gasteiger partial charge in [0.25, 0.3) is 0 Å². The molecule has 20 heavy (non-hydrogen) atoms. The zero-order chi connectivity index (χ0) is 14.4. The van der Waals surface area contributed by atoms with Crippen molar-refractivity contribution in [3.8, 4) is 0 Å². The Morgan fingerprint density at radius 2 is 2.20 bits per heavy atom. The molecule has 112 valence electrons. The molecule has 0 aromatic heterocycles. The summed E-state index contributed by atoms with van der Waals surface area (Å²) < 4.78 is 1.17. The van der Waals surface area contributed by atoms with Gasteiger partial charge < -0.3 is 10.2 Å². The van der Waals surface area contributed by atoms with Crippen LogP contribution in [0.4, 0.5) is 0 Å². The Morgan fingerprint density at radius 1 is 1.40 bits per heavy atom. The van der Waals surface area contributed by atoms with Crippen LogP contribution in [0.15, 0.2) is 28.7 Å². The van der Waals surface area contributed by atoms with Crippen LogP contribution in [-0.2, 0) is 0 Å². The maximum absolute atomic E-state index is 3.70. The Bertz CT molecular complexity index is 404. The van der Waals surface area contributed by atoms with Crippen LogP contribution >= 0.6 is 15.9 Å². The van der Waals surface area contributed by atoms with E-state index in [1.165, 1.54) is 48.7 Å². The monoisotopic (exact) mass is 338 g/mol. The highest BCUT2D eigenvalue weighted by molar-refractivity contribution is 9.10. The van der Waals surface area contributed by atoms with Crippen molar-refractivity contribution in [3.63, 3.8) is 0 Å². The number of hydrogen-bond donors (Lipinski definition) is 1. The summed E-state index contributed by atoms with van der Waals surface area (Å²) in [5.41, 5.74) is 1.40. The molecule has 1 aromatic rings. The number of halogens is 1. The first-order valence-corrected chi connectivity index (χ1v) is 8.69. The zero-order valence-corrected chi connectivity index (χ0v) is 14.3. The van der Waals surface area contributed by atoms with Crippen molar-refractivity contribution in [2.45, 2.75) is 51.1 Å². The highest BCUT2D eigenvalue weighted by atomic mass is 79.9. The van der Waals surface area contributed by atoms with Crippen LogP contribution in [0.1, 0.15) is 50.6 Å². The molecule has 1 saturated carbocycles. The largest absolute Gasteiger partial charge is 0.310 e. The van der Waals surface area contributed by atoms with Crippen LogP contribution < -0.4 is 5.32 Å². The van der Waals surface area contributed by atoms with E-state index in [-0.39, 0.29) is 0 Å². The highest BCUT2D eigenvalue weighted by Gasteiger charge is 2.22. The van der Waals surface area contributed by atoms with Gasteiger partial charge in [0.05, 0.1) is 0 Å². The summed E-state index contributed by atoms with van der Waals surface area (Å²) in [5, 5.41) is 3.70. The molecule has 0 spiro atoms. The highest BCUT2D eigenvalue weighted by Crippen LogP contribution is 2.26. The minimum atomic E-state index is 0.468. The summed E-state index contributed by atoms with van der Waals surface area (Å²) in [6, 6.07) is 10.0. The maximum atomic E-state index is 3.70. The van der Waals surface area contributed by atoms with Gasteiger partial charge in [-0.3, -0.25) is 0 Å². The number of nitrogens with one attached hydrogen (secondary N) is 1. The standard InChI is InChI=1S/C17H27BrN2/c1-3-11-19-17(14-6-4-7-15(18)13-14)10-12-20(2)16-8-5-9-16/h4,6-7,13,16-17,19H,3,5,8-12H2,1-2H3. The molecule has 1 atom stereocenters. The predicted octanol–water partition coefficient (Wildman–Crippen LogP) is 4.36. The van der Waals surface area contributed by atoms with E-state index in [0.29, 0.717) is 6.04 Å². The fourth-order valence-electron chi connectivity index (χ4n) is 2.77. The first-order valence-electron chi connectivity index (χ1n) is 7.89. The number of nitrogens with zero attached hydrogens (tertiary/aromatic N) is 1. The molecule has 1 N–H and O–H groups in total. The van der Waals surface area contributed by atoms with Crippen LogP contribution in [0, 0.1) is 0 Å². The van der Waals surface area contributed by atoms with Gasteiger partial charge in [-0.2, -0.15) is 0 Å². The van der Waals surface area contributed by atoms with Crippen LogP contribution in [0.5, 0.6) is 0 Å². The molecule has 1 aliphatic rings. The fourth-order valence-corrected chi connectivity index (χ4v) is 3.19. The minimum absolute atomic E-state index is 0.468. The maximum Gasteiger partial charge on any atom is 0.0332 e. The first-order chi connectivity index (χ1) is 9.70. The smallest absolute Gasteiger partial charge is 0.0332 e.